The van der Waals surface area contributed by atoms with E-state index in [1.165, 1.54) is 16.7 Å². The van der Waals surface area contributed by atoms with E-state index < -0.39 is 0 Å². The average Bonchev–Trinajstić information content (AvgIpc) is 2.68. The first-order chi connectivity index (χ1) is 9.60. The molecule has 0 saturated carbocycles. The Morgan fingerprint density at radius 1 is 1.40 bits per heavy atom. The minimum absolute atomic E-state index is 0.0840. The molecular formula is C17H21NOS. The van der Waals surface area contributed by atoms with Crippen LogP contribution >= 0.6 is 12.6 Å². The van der Waals surface area contributed by atoms with Gasteiger partial charge in [-0.25, -0.2) is 0 Å². The van der Waals surface area contributed by atoms with Gasteiger partial charge >= 0.3 is 0 Å². The second-order valence-corrected chi connectivity index (χ2v) is 7.21. The Labute approximate surface area is 126 Å². The van der Waals surface area contributed by atoms with Crippen molar-refractivity contribution in [2.75, 3.05) is 13.6 Å². The minimum Gasteiger partial charge on any atom is -0.489 e. The van der Waals surface area contributed by atoms with Crippen molar-refractivity contribution in [3.63, 3.8) is 0 Å². The van der Waals surface area contributed by atoms with Gasteiger partial charge in [0, 0.05) is 23.8 Å². The molecule has 0 N–H and O–H groups in total. The van der Waals surface area contributed by atoms with Crippen LogP contribution in [-0.4, -0.2) is 29.8 Å². The fraction of sp³-hybridized carbons (Fsp3) is 0.529. The molecule has 2 unspecified atom stereocenters. The molecule has 20 heavy (non-hydrogen) atoms. The lowest BCUT2D eigenvalue weighted by molar-refractivity contribution is 0.144. The fourth-order valence-corrected chi connectivity index (χ4v) is 4.35. The highest BCUT2D eigenvalue weighted by Crippen LogP contribution is 2.53. The zero-order valence-corrected chi connectivity index (χ0v) is 13.0. The smallest absolute Gasteiger partial charge is 0.127 e. The second-order valence-electron chi connectivity index (χ2n) is 6.54. The van der Waals surface area contributed by atoms with Crippen molar-refractivity contribution in [3.8, 4) is 5.75 Å². The van der Waals surface area contributed by atoms with Crippen molar-refractivity contribution in [3.05, 3.63) is 41.0 Å². The topological polar surface area (TPSA) is 12.5 Å². The van der Waals surface area contributed by atoms with Gasteiger partial charge in [0.2, 0.25) is 0 Å². The maximum atomic E-state index is 6.40. The molecular weight excluding hydrogens is 266 g/mol. The summed E-state index contributed by atoms with van der Waals surface area (Å²) in [6.07, 6.45) is 7.09. The van der Waals surface area contributed by atoms with Crippen LogP contribution in [0.15, 0.2) is 24.3 Å². The van der Waals surface area contributed by atoms with Crippen LogP contribution in [0.1, 0.15) is 29.5 Å². The summed E-state index contributed by atoms with van der Waals surface area (Å²) in [7, 11) is 2.22. The summed E-state index contributed by atoms with van der Waals surface area (Å²) in [5, 5.41) is 0.324. The number of nitrogens with zero attached hydrogens (tertiary/aromatic N) is 1. The number of benzene rings is 1. The second kappa shape index (κ2) is 4.28. The lowest BCUT2D eigenvalue weighted by atomic mass is 9.69. The molecule has 1 aromatic rings. The first kappa shape index (κ1) is 12.8. The van der Waals surface area contributed by atoms with Gasteiger partial charge in [-0.15, -0.1) is 0 Å². The van der Waals surface area contributed by atoms with Crippen LogP contribution in [0, 0.1) is 6.92 Å². The zero-order chi connectivity index (χ0) is 13.9. The Morgan fingerprint density at radius 2 is 2.25 bits per heavy atom. The van der Waals surface area contributed by atoms with Crippen LogP contribution in [0.25, 0.3) is 0 Å². The molecule has 0 aromatic heterocycles. The van der Waals surface area contributed by atoms with E-state index >= 15 is 0 Å². The lowest BCUT2D eigenvalue weighted by Crippen LogP contribution is -2.42. The number of hydrogen-bond acceptors (Lipinski definition) is 3. The van der Waals surface area contributed by atoms with Gasteiger partial charge in [0.25, 0.3) is 0 Å². The largest absolute Gasteiger partial charge is 0.489 e. The van der Waals surface area contributed by atoms with Crippen molar-refractivity contribution >= 4 is 12.6 Å². The summed E-state index contributed by atoms with van der Waals surface area (Å²) in [5.41, 5.74) is 4.26. The summed E-state index contributed by atoms with van der Waals surface area (Å²) in [5.74, 6) is 1.15. The monoisotopic (exact) mass is 287 g/mol. The van der Waals surface area contributed by atoms with Crippen LogP contribution in [0.2, 0.25) is 0 Å². The molecule has 0 bridgehead atoms. The molecule has 2 nitrogen and oxygen atoms in total. The Morgan fingerprint density at radius 3 is 3.10 bits per heavy atom. The van der Waals surface area contributed by atoms with E-state index in [1.807, 2.05) is 0 Å². The molecule has 4 rings (SSSR count). The summed E-state index contributed by atoms with van der Waals surface area (Å²) in [4.78, 5) is 2.43. The van der Waals surface area contributed by atoms with E-state index in [2.05, 4.69) is 55.8 Å². The molecule has 106 valence electrons. The van der Waals surface area contributed by atoms with Crippen LogP contribution in [0.3, 0.4) is 0 Å². The van der Waals surface area contributed by atoms with Gasteiger partial charge in [-0.05, 0) is 38.1 Å². The summed E-state index contributed by atoms with van der Waals surface area (Å²) in [6, 6.07) is 4.50. The van der Waals surface area contributed by atoms with E-state index in [1.54, 1.807) is 0 Å². The van der Waals surface area contributed by atoms with Crippen molar-refractivity contribution in [1.82, 2.24) is 4.90 Å². The standard InChI is InChI=1S/C17H21NOS/c1-11-3-4-12-10-18(2)8-7-17-6-5-13(20)9-14(17)19-16(11)15(12)17/h3-6,13-14,20H,7-10H2,1-2H3/t13?,14?,17-/m0/s1. The molecule has 3 heteroatoms. The summed E-state index contributed by atoms with van der Waals surface area (Å²) in [6.45, 7) is 4.31. The zero-order valence-electron chi connectivity index (χ0n) is 12.1. The maximum absolute atomic E-state index is 6.40. The molecule has 2 aliphatic heterocycles. The predicted molar refractivity (Wildman–Crippen MR) is 84.8 cm³/mol. The van der Waals surface area contributed by atoms with Gasteiger partial charge in [-0.3, -0.25) is 0 Å². The third-order valence-electron chi connectivity index (χ3n) is 5.16. The Hall–Kier alpha value is -0.930. The minimum atomic E-state index is 0.0840. The van der Waals surface area contributed by atoms with Crippen LogP contribution in [-0.2, 0) is 12.0 Å². The molecule has 1 aromatic carbocycles. The number of rotatable bonds is 0. The molecule has 0 amide bonds. The molecule has 3 aliphatic rings. The van der Waals surface area contributed by atoms with Gasteiger partial charge < -0.3 is 9.64 Å². The van der Waals surface area contributed by atoms with Crippen molar-refractivity contribution in [1.29, 1.82) is 0 Å². The normalized spacial score (nSPS) is 35.1. The average molecular weight is 287 g/mol. The molecule has 0 saturated heterocycles. The van der Waals surface area contributed by atoms with E-state index in [4.69, 9.17) is 4.74 Å². The SMILES string of the molecule is Cc1ccc2c3c1OC1CC(S)C=C[C@@]31CCN(C)C2. The third-order valence-corrected chi connectivity index (χ3v) is 5.54. The lowest BCUT2D eigenvalue weighted by Gasteiger charge is -2.36. The summed E-state index contributed by atoms with van der Waals surface area (Å²) >= 11 is 4.64. The number of hydrogen-bond donors (Lipinski definition) is 1. The van der Waals surface area contributed by atoms with Crippen LogP contribution in [0.4, 0.5) is 0 Å². The predicted octanol–water partition coefficient (Wildman–Crippen LogP) is 3.09. The van der Waals surface area contributed by atoms with Gasteiger partial charge in [-0.2, -0.15) is 12.6 Å². The highest BCUT2D eigenvalue weighted by Gasteiger charge is 2.51. The first-order valence-corrected chi connectivity index (χ1v) is 7.97. The van der Waals surface area contributed by atoms with E-state index in [9.17, 15) is 0 Å². The molecule has 0 radical (unpaired) electrons. The maximum Gasteiger partial charge on any atom is 0.127 e. The van der Waals surface area contributed by atoms with Crippen LogP contribution in [0.5, 0.6) is 5.75 Å². The first-order valence-electron chi connectivity index (χ1n) is 7.46. The molecule has 3 atom stereocenters. The van der Waals surface area contributed by atoms with E-state index in [0.29, 0.717) is 5.25 Å². The Bertz CT molecular complexity index is 597. The molecule has 1 spiro atoms. The number of aryl methyl sites for hydroxylation is 1. The van der Waals surface area contributed by atoms with Crippen molar-refractivity contribution in [2.24, 2.45) is 0 Å². The molecule has 1 aliphatic carbocycles. The third kappa shape index (κ3) is 1.63. The van der Waals surface area contributed by atoms with Gasteiger partial charge in [-0.1, -0.05) is 24.3 Å². The fourth-order valence-electron chi connectivity index (χ4n) is 4.07. The summed E-state index contributed by atoms with van der Waals surface area (Å²) < 4.78 is 6.40. The molecule has 0 fully saturated rings. The van der Waals surface area contributed by atoms with Crippen LogP contribution < -0.4 is 4.74 Å². The number of thiol groups is 1. The van der Waals surface area contributed by atoms with Gasteiger partial charge in [0.05, 0.1) is 5.41 Å². The highest BCUT2D eigenvalue weighted by atomic mass is 32.1. The highest BCUT2D eigenvalue weighted by molar-refractivity contribution is 7.81. The van der Waals surface area contributed by atoms with Crippen molar-refractivity contribution < 1.29 is 4.74 Å². The Kier molecular flexibility index (Phi) is 2.74. The van der Waals surface area contributed by atoms with Crippen molar-refractivity contribution in [2.45, 2.75) is 43.1 Å². The van der Waals surface area contributed by atoms with Gasteiger partial charge in [0.1, 0.15) is 11.9 Å². The van der Waals surface area contributed by atoms with E-state index in [0.717, 1.165) is 31.7 Å². The van der Waals surface area contributed by atoms with E-state index in [-0.39, 0.29) is 11.5 Å². The molecule has 2 heterocycles. The Balaban J connectivity index is 1.96. The van der Waals surface area contributed by atoms with Gasteiger partial charge in [0.15, 0.2) is 0 Å². The quantitative estimate of drug-likeness (QED) is 0.581. The number of ether oxygens (including phenoxy) is 1.